The third-order valence-electron chi connectivity index (χ3n) is 5.00. The summed E-state index contributed by atoms with van der Waals surface area (Å²) in [6.07, 6.45) is 0. The van der Waals surface area contributed by atoms with Gasteiger partial charge in [-0.15, -0.1) is 0 Å². The van der Waals surface area contributed by atoms with Gasteiger partial charge in [0.05, 0.1) is 11.2 Å². The van der Waals surface area contributed by atoms with E-state index in [2.05, 4.69) is 10.3 Å². The van der Waals surface area contributed by atoms with E-state index in [0.29, 0.717) is 16.5 Å². The molecule has 3 aromatic rings. The van der Waals surface area contributed by atoms with Gasteiger partial charge in [0.15, 0.2) is 0 Å². The van der Waals surface area contributed by atoms with Gasteiger partial charge in [0.25, 0.3) is 5.91 Å². The Morgan fingerprint density at radius 1 is 1.10 bits per heavy atom. The molecule has 1 saturated heterocycles. The van der Waals surface area contributed by atoms with Gasteiger partial charge >= 0.3 is 11.5 Å². The van der Waals surface area contributed by atoms with Crippen LogP contribution in [0.4, 0.5) is 28.0 Å². The highest BCUT2D eigenvalue weighted by Crippen LogP contribution is 2.38. The Hall–Kier alpha value is -3.14. The Balaban J connectivity index is 1.62. The Bertz CT molecular complexity index is 1170. The first kappa shape index (κ1) is 21.1. The van der Waals surface area contributed by atoms with Crippen molar-refractivity contribution in [2.45, 2.75) is 29.3 Å². The maximum absolute atomic E-state index is 14.0. The molecule has 2 atom stereocenters. The average molecular weight is 449 g/mol. The highest BCUT2D eigenvalue weighted by molar-refractivity contribution is 8.00. The SMILES string of the molecule is CC(c1cc(F)nc2ccccc12)C1NC(=O)N(c2ccc(SC(F)(F)F)cc2)C1=O. The molecule has 1 aliphatic heterocycles. The lowest BCUT2D eigenvalue weighted by atomic mass is 9.90. The van der Waals surface area contributed by atoms with Gasteiger partial charge in [-0.05, 0) is 53.7 Å². The lowest BCUT2D eigenvalue weighted by molar-refractivity contribution is -0.118. The maximum Gasteiger partial charge on any atom is 0.446 e. The number of anilines is 1. The van der Waals surface area contributed by atoms with E-state index in [0.717, 1.165) is 4.90 Å². The minimum absolute atomic E-state index is 0.0630. The quantitative estimate of drug-likeness (QED) is 0.257. The van der Waals surface area contributed by atoms with Gasteiger partial charge < -0.3 is 5.32 Å². The van der Waals surface area contributed by atoms with Crippen molar-refractivity contribution in [2.75, 3.05) is 4.90 Å². The predicted molar refractivity (Wildman–Crippen MR) is 108 cm³/mol. The summed E-state index contributed by atoms with van der Waals surface area (Å²) in [4.78, 5) is 30.2. The van der Waals surface area contributed by atoms with Crippen molar-refractivity contribution in [1.82, 2.24) is 10.3 Å². The van der Waals surface area contributed by atoms with Gasteiger partial charge in [-0.25, -0.2) is 14.7 Å². The molecule has 2 unspecified atom stereocenters. The van der Waals surface area contributed by atoms with Crippen molar-refractivity contribution in [1.29, 1.82) is 0 Å². The van der Waals surface area contributed by atoms with Crippen LogP contribution in [0.3, 0.4) is 0 Å². The van der Waals surface area contributed by atoms with Crippen LogP contribution < -0.4 is 10.2 Å². The van der Waals surface area contributed by atoms with Crippen molar-refractivity contribution in [2.24, 2.45) is 0 Å². The minimum Gasteiger partial charge on any atom is -0.325 e. The molecular weight excluding hydrogens is 434 g/mol. The molecule has 2 heterocycles. The molecule has 0 aliphatic carbocycles. The Morgan fingerprint density at radius 3 is 2.45 bits per heavy atom. The number of urea groups is 1. The second kappa shape index (κ2) is 7.84. The van der Waals surface area contributed by atoms with Crippen molar-refractivity contribution >= 4 is 40.3 Å². The molecule has 1 fully saturated rings. The highest BCUT2D eigenvalue weighted by atomic mass is 32.2. The summed E-state index contributed by atoms with van der Waals surface area (Å²) in [5, 5.41) is 3.25. The van der Waals surface area contributed by atoms with E-state index in [4.69, 9.17) is 0 Å². The number of amides is 3. The van der Waals surface area contributed by atoms with E-state index in [-0.39, 0.29) is 22.3 Å². The topological polar surface area (TPSA) is 62.3 Å². The second-order valence-electron chi connectivity index (χ2n) is 6.98. The molecule has 5 nitrogen and oxygen atoms in total. The number of imide groups is 1. The fourth-order valence-electron chi connectivity index (χ4n) is 3.60. The number of rotatable bonds is 4. The summed E-state index contributed by atoms with van der Waals surface area (Å²) in [6.45, 7) is 1.69. The molecule has 160 valence electrons. The number of nitrogens with one attached hydrogen (secondary N) is 1. The van der Waals surface area contributed by atoms with Crippen LogP contribution >= 0.6 is 11.8 Å². The van der Waals surface area contributed by atoms with Crippen LogP contribution in [0.2, 0.25) is 0 Å². The molecular formula is C21H15F4N3O2S. The van der Waals surface area contributed by atoms with Crippen LogP contribution in [-0.2, 0) is 4.79 Å². The van der Waals surface area contributed by atoms with E-state index < -0.39 is 35.4 Å². The molecule has 3 amide bonds. The van der Waals surface area contributed by atoms with E-state index in [9.17, 15) is 27.2 Å². The molecule has 31 heavy (non-hydrogen) atoms. The molecule has 1 aliphatic rings. The number of hydrogen-bond donors (Lipinski definition) is 1. The van der Waals surface area contributed by atoms with Crippen molar-refractivity contribution in [3.8, 4) is 0 Å². The predicted octanol–water partition coefficient (Wildman–Crippen LogP) is 5.21. The molecule has 1 N–H and O–H groups in total. The van der Waals surface area contributed by atoms with Crippen LogP contribution in [0.15, 0.2) is 59.5 Å². The van der Waals surface area contributed by atoms with E-state index >= 15 is 0 Å². The molecule has 0 radical (unpaired) electrons. The summed E-state index contributed by atoms with van der Waals surface area (Å²) in [5.41, 5.74) is -3.35. The number of para-hydroxylation sites is 1. The van der Waals surface area contributed by atoms with E-state index in [1.54, 1.807) is 31.2 Å². The number of nitrogens with zero attached hydrogens (tertiary/aromatic N) is 2. The van der Waals surface area contributed by atoms with Gasteiger partial charge in [0.1, 0.15) is 6.04 Å². The van der Waals surface area contributed by atoms with Crippen LogP contribution in [0.5, 0.6) is 0 Å². The third kappa shape index (κ3) is 4.20. The number of alkyl halides is 3. The summed E-state index contributed by atoms with van der Waals surface area (Å²) in [7, 11) is 0. The molecule has 0 spiro atoms. The number of halogens is 4. The highest BCUT2D eigenvalue weighted by Gasteiger charge is 2.42. The number of aromatic nitrogens is 1. The standard InChI is InChI=1S/C21H15F4N3O2S/c1-11(15-10-17(22)26-16-5-3-2-4-14(15)16)18-19(29)28(20(30)27-18)12-6-8-13(9-7-12)31-21(23,24)25/h2-11,18H,1H3,(H,27,30). The zero-order chi connectivity index (χ0) is 22.3. The maximum atomic E-state index is 14.0. The molecule has 10 heteroatoms. The van der Waals surface area contributed by atoms with Gasteiger partial charge in [-0.1, -0.05) is 25.1 Å². The third-order valence-corrected chi connectivity index (χ3v) is 5.74. The van der Waals surface area contributed by atoms with Gasteiger partial charge in [0.2, 0.25) is 5.95 Å². The first-order valence-electron chi connectivity index (χ1n) is 9.19. The van der Waals surface area contributed by atoms with Crippen LogP contribution in [0.25, 0.3) is 10.9 Å². The number of carbonyl (C=O) groups excluding carboxylic acids is 2. The van der Waals surface area contributed by atoms with Crippen LogP contribution in [0.1, 0.15) is 18.4 Å². The lowest BCUT2D eigenvalue weighted by Gasteiger charge is -2.20. The van der Waals surface area contributed by atoms with Crippen molar-refractivity contribution in [3.05, 3.63) is 66.1 Å². The zero-order valence-corrected chi connectivity index (χ0v) is 16.8. The first-order valence-corrected chi connectivity index (χ1v) is 10.0. The summed E-state index contributed by atoms with van der Waals surface area (Å²) in [5.74, 6) is -1.86. The van der Waals surface area contributed by atoms with E-state index in [1.807, 2.05) is 0 Å². The molecule has 4 rings (SSSR count). The summed E-state index contributed by atoms with van der Waals surface area (Å²) in [6, 6.07) is 11.4. The number of pyridine rings is 1. The summed E-state index contributed by atoms with van der Waals surface area (Å²) < 4.78 is 51.6. The second-order valence-corrected chi connectivity index (χ2v) is 8.12. The number of hydrogen-bond acceptors (Lipinski definition) is 4. The smallest absolute Gasteiger partial charge is 0.325 e. The lowest BCUT2D eigenvalue weighted by Crippen LogP contribution is -2.35. The monoisotopic (exact) mass is 449 g/mol. The number of carbonyl (C=O) groups is 2. The van der Waals surface area contributed by atoms with Gasteiger partial charge in [-0.2, -0.15) is 17.6 Å². The normalized spacial score (nSPS) is 17.8. The number of fused-ring (bicyclic) bond motifs is 1. The van der Waals surface area contributed by atoms with E-state index in [1.165, 1.54) is 30.3 Å². The van der Waals surface area contributed by atoms with Gasteiger partial charge in [0, 0.05) is 16.2 Å². The Kier molecular flexibility index (Phi) is 5.34. The van der Waals surface area contributed by atoms with Crippen LogP contribution in [-0.4, -0.2) is 28.5 Å². The largest absolute Gasteiger partial charge is 0.446 e. The van der Waals surface area contributed by atoms with Gasteiger partial charge in [-0.3, -0.25) is 4.79 Å². The summed E-state index contributed by atoms with van der Waals surface area (Å²) >= 11 is -0.287. The zero-order valence-electron chi connectivity index (χ0n) is 16.0. The molecule has 0 bridgehead atoms. The fourth-order valence-corrected chi connectivity index (χ4v) is 4.14. The Labute approximate surface area is 178 Å². The minimum atomic E-state index is -4.44. The molecule has 1 aromatic heterocycles. The Morgan fingerprint density at radius 2 is 1.77 bits per heavy atom. The number of thioether (sulfide) groups is 1. The number of benzene rings is 2. The van der Waals surface area contributed by atoms with Crippen molar-refractivity contribution in [3.63, 3.8) is 0 Å². The molecule has 0 saturated carbocycles. The first-order chi connectivity index (χ1) is 14.6. The average Bonchev–Trinajstić information content (AvgIpc) is 3.00. The molecule has 2 aromatic carbocycles. The fraction of sp³-hybridized carbons (Fsp3) is 0.190. The van der Waals surface area contributed by atoms with Crippen molar-refractivity contribution < 1.29 is 27.2 Å². The van der Waals surface area contributed by atoms with Crippen LogP contribution in [0, 0.1) is 5.95 Å².